The molecule has 1 N–H and O–H groups in total. The molecule has 2 aliphatic rings. The number of aromatic hydroxyl groups is 1. The molecule has 2 bridgehead atoms. The molecule has 1 saturated carbocycles. The second-order valence-corrected chi connectivity index (χ2v) is 6.70. The highest BCUT2D eigenvalue weighted by Gasteiger charge is 2.62. The lowest BCUT2D eigenvalue weighted by Gasteiger charge is -2.31. The molecule has 0 saturated heterocycles. The molecule has 0 heterocycles. The second kappa shape index (κ2) is 6.06. The van der Waals surface area contributed by atoms with Gasteiger partial charge in [-0.2, -0.15) is 0 Å². The van der Waals surface area contributed by atoms with Crippen molar-refractivity contribution in [1.29, 1.82) is 0 Å². The van der Waals surface area contributed by atoms with Gasteiger partial charge in [0, 0.05) is 5.92 Å². The summed E-state index contributed by atoms with van der Waals surface area (Å²) in [5.41, 5.74) is 0.00658. The molecule has 132 valence electrons. The Morgan fingerprint density at radius 1 is 1.28 bits per heavy atom. The number of rotatable bonds is 5. The fraction of sp³-hybridized carbons (Fsp3) is 0.400. The van der Waals surface area contributed by atoms with Crippen molar-refractivity contribution in [3.8, 4) is 11.5 Å². The number of ketones is 2. The number of phenolic OH excluding ortho intramolecular Hbond substituents is 1. The number of phenols is 1. The molecule has 5 heteroatoms. The normalized spacial score (nSPS) is 30.8. The van der Waals surface area contributed by atoms with Crippen molar-refractivity contribution in [3.63, 3.8) is 0 Å². The summed E-state index contributed by atoms with van der Waals surface area (Å²) in [4.78, 5) is 25.9. The van der Waals surface area contributed by atoms with Crippen molar-refractivity contribution >= 4 is 11.6 Å². The summed E-state index contributed by atoms with van der Waals surface area (Å²) in [6.45, 7) is 5.76. The van der Waals surface area contributed by atoms with Crippen LogP contribution in [0.15, 0.2) is 42.7 Å². The fourth-order valence-corrected chi connectivity index (χ4v) is 4.36. The summed E-state index contributed by atoms with van der Waals surface area (Å²) in [5, 5.41) is 9.85. The Balaban J connectivity index is 2.16. The van der Waals surface area contributed by atoms with E-state index in [2.05, 4.69) is 6.58 Å². The minimum Gasteiger partial charge on any atom is -0.504 e. The SMILES string of the molecule is C=CC[C@]12C=C(OC)C(=O)C(C1=O)C(c1ccc(O)c(OC)c1)C2C. The van der Waals surface area contributed by atoms with Gasteiger partial charge in [-0.15, -0.1) is 6.58 Å². The van der Waals surface area contributed by atoms with E-state index in [4.69, 9.17) is 9.47 Å². The first-order valence-corrected chi connectivity index (χ1v) is 8.24. The number of carbonyl (C=O) groups excluding carboxylic acids is 2. The zero-order valence-corrected chi connectivity index (χ0v) is 14.6. The van der Waals surface area contributed by atoms with Crippen LogP contribution in [0.4, 0.5) is 0 Å². The van der Waals surface area contributed by atoms with Crippen LogP contribution in [0.5, 0.6) is 11.5 Å². The van der Waals surface area contributed by atoms with E-state index in [0.29, 0.717) is 12.2 Å². The summed E-state index contributed by atoms with van der Waals surface area (Å²) in [5.74, 6) is -0.989. The number of allylic oxidation sites excluding steroid dienone is 3. The molecule has 0 aromatic heterocycles. The molecule has 1 aromatic carbocycles. The molecule has 2 aliphatic carbocycles. The minimum absolute atomic E-state index is 0.0223. The minimum atomic E-state index is -0.790. The number of fused-ring (bicyclic) bond motifs is 2. The van der Waals surface area contributed by atoms with Crippen LogP contribution >= 0.6 is 0 Å². The first-order valence-electron chi connectivity index (χ1n) is 8.24. The van der Waals surface area contributed by atoms with Gasteiger partial charge in [0.1, 0.15) is 0 Å². The standard InChI is InChI=1S/C20H22O5/c1-5-8-20-10-15(25-4)18(22)17(19(20)23)16(11(20)2)12-6-7-13(21)14(9-12)24-3/h5-7,9-11,16-17,21H,1,8H2,2-4H3/t11?,16?,17?,20-/m1/s1. The molecular formula is C20H22O5. The van der Waals surface area contributed by atoms with Crippen LogP contribution in [-0.4, -0.2) is 30.9 Å². The van der Waals surface area contributed by atoms with Crippen molar-refractivity contribution < 1.29 is 24.2 Å². The van der Waals surface area contributed by atoms with Crippen LogP contribution in [0.1, 0.15) is 24.8 Å². The van der Waals surface area contributed by atoms with E-state index in [-0.39, 0.29) is 34.9 Å². The van der Waals surface area contributed by atoms with Crippen LogP contribution < -0.4 is 4.74 Å². The van der Waals surface area contributed by atoms with Gasteiger partial charge in [0.05, 0.1) is 25.6 Å². The van der Waals surface area contributed by atoms with E-state index >= 15 is 0 Å². The van der Waals surface area contributed by atoms with Crippen LogP contribution in [0.3, 0.4) is 0 Å². The van der Waals surface area contributed by atoms with Gasteiger partial charge in [-0.1, -0.05) is 19.1 Å². The maximum atomic E-state index is 13.1. The van der Waals surface area contributed by atoms with E-state index in [0.717, 1.165) is 5.56 Å². The smallest absolute Gasteiger partial charge is 0.208 e. The third-order valence-corrected chi connectivity index (χ3v) is 5.66. The predicted octanol–water partition coefficient (Wildman–Crippen LogP) is 2.99. The van der Waals surface area contributed by atoms with Gasteiger partial charge in [0.25, 0.3) is 0 Å². The van der Waals surface area contributed by atoms with E-state index in [9.17, 15) is 14.7 Å². The highest BCUT2D eigenvalue weighted by Crippen LogP contribution is 2.59. The third-order valence-electron chi connectivity index (χ3n) is 5.66. The van der Waals surface area contributed by atoms with Gasteiger partial charge in [0.15, 0.2) is 23.0 Å². The number of Topliss-reactive ketones (excluding diaryl/α,β-unsaturated/α-hetero) is 2. The Bertz CT molecular complexity index is 778. The molecule has 0 spiro atoms. The molecule has 0 aliphatic heterocycles. The Morgan fingerprint density at radius 3 is 2.60 bits per heavy atom. The van der Waals surface area contributed by atoms with Crippen molar-refractivity contribution in [2.45, 2.75) is 19.3 Å². The quantitative estimate of drug-likeness (QED) is 0.658. The number of hydrogen-bond acceptors (Lipinski definition) is 5. The topological polar surface area (TPSA) is 72.8 Å². The molecule has 5 nitrogen and oxygen atoms in total. The van der Waals surface area contributed by atoms with Gasteiger partial charge >= 0.3 is 0 Å². The lowest BCUT2D eigenvalue weighted by Crippen LogP contribution is -2.38. The highest BCUT2D eigenvalue weighted by molar-refractivity contribution is 6.17. The summed E-state index contributed by atoms with van der Waals surface area (Å²) in [6.07, 6.45) is 3.85. The second-order valence-electron chi connectivity index (χ2n) is 6.70. The van der Waals surface area contributed by atoms with E-state index in [1.165, 1.54) is 20.3 Å². The summed E-state index contributed by atoms with van der Waals surface area (Å²) in [6, 6.07) is 4.98. The van der Waals surface area contributed by atoms with Crippen LogP contribution in [0.2, 0.25) is 0 Å². The largest absolute Gasteiger partial charge is 0.504 e. The van der Waals surface area contributed by atoms with Gasteiger partial charge < -0.3 is 14.6 Å². The van der Waals surface area contributed by atoms with Gasteiger partial charge in [-0.25, -0.2) is 0 Å². The maximum absolute atomic E-state index is 13.1. The Kier molecular flexibility index (Phi) is 4.19. The maximum Gasteiger partial charge on any atom is 0.208 e. The zero-order valence-electron chi connectivity index (χ0n) is 14.6. The molecule has 0 radical (unpaired) electrons. The number of benzene rings is 1. The van der Waals surface area contributed by atoms with Crippen molar-refractivity contribution in [2.24, 2.45) is 17.3 Å². The molecule has 0 amide bonds. The van der Waals surface area contributed by atoms with Gasteiger partial charge in [-0.05, 0) is 36.1 Å². The highest BCUT2D eigenvalue weighted by atomic mass is 16.5. The van der Waals surface area contributed by atoms with Gasteiger partial charge in [0.2, 0.25) is 5.78 Å². The molecule has 4 atom stereocenters. The fourth-order valence-electron chi connectivity index (χ4n) is 4.36. The molecule has 3 unspecified atom stereocenters. The molecule has 25 heavy (non-hydrogen) atoms. The predicted molar refractivity (Wildman–Crippen MR) is 92.4 cm³/mol. The lowest BCUT2D eigenvalue weighted by atomic mass is 9.71. The van der Waals surface area contributed by atoms with E-state index in [1.807, 2.05) is 6.92 Å². The number of ether oxygens (including phenoxy) is 2. The third kappa shape index (κ3) is 2.29. The Hall–Kier alpha value is -2.56. The number of carbonyl (C=O) groups is 2. The van der Waals surface area contributed by atoms with Crippen LogP contribution in [0, 0.1) is 17.3 Å². The van der Waals surface area contributed by atoms with Crippen LogP contribution in [0.25, 0.3) is 0 Å². The molecule has 3 rings (SSSR count). The molecule has 1 aromatic rings. The lowest BCUT2D eigenvalue weighted by molar-refractivity contribution is -0.136. The molecular weight excluding hydrogens is 320 g/mol. The first-order chi connectivity index (χ1) is 11.9. The van der Waals surface area contributed by atoms with Gasteiger partial charge in [-0.3, -0.25) is 9.59 Å². The number of methoxy groups -OCH3 is 2. The summed E-state index contributed by atoms with van der Waals surface area (Å²) in [7, 11) is 2.92. The monoisotopic (exact) mass is 342 g/mol. The molecule has 1 fully saturated rings. The van der Waals surface area contributed by atoms with E-state index < -0.39 is 11.3 Å². The van der Waals surface area contributed by atoms with E-state index in [1.54, 1.807) is 24.3 Å². The van der Waals surface area contributed by atoms with Crippen LogP contribution in [-0.2, 0) is 14.3 Å². The van der Waals surface area contributed by atoms with Crippen molar-refractivity contribution in [2.75, 3.05) is 14.2 Å². The Morgan fingerprint density at radius 2 is 2.00 bits per heavy atom. The summed E-state index contributed by atoms with van der Waals surface area (Å²) >= 11 is 0. The number of hydrogen-bond donors (Lipinski definition) is 1. The Labute approximate surface area is 146 Å². The zero-order chi connectivity index (χ0) is 18.4. The van der Waals surface area contributed by atoms with Crippen molar-refractivity contribution in [1.82, 2.24) is 0 Å². The first kappa shape index (κ1) is 17.3. The average molecular weight is 342 g/mol. The average Bonchev–Trinajstić information content (AvgIpc) is 2.75. The summed E-state index contributed by atoms with van der Waals surface area (Å²) < 4.78 is 10.4. The van der Waals surface area contributed by atoms with Crippen molar-refractivity contribution in [3.05, 3.63) is 48.3 Å².